The second-order valence-corrected chi connectivity index (χ2v) is 6.50. The van der Waals surface area contributed by atoms with Crippen molar-refractivity contribution in [1.82, 2.24) is 9.80 Å². The van der Waals surface area contributed by atoms with Crippen molar-refractivity contribution in [3.05, 3.63) is 35.6 Å². The first-order valence-corrected chi connectivity index (χ1v) is 7.86. The summed E-state index contributed by atoms with van der Waals surface area (Å²) in [6.45, 7) is 6.25. The van der Waals surface area contributed by atoms with Gasteiger partial charge in [-0.3, -0.25) is 4.90 Å². The number of likely N-dealkylation sites (N-methyl/N-ethyl adjacent to an activating group) is 1. The van der Waals surface area contributed by atoms with Gasteiger partial charge in [-0.15, -0.1) is 0 Å². The van der Waals surface area contributed by atoms with E-state index >= 15 is 0 Å². The zero-order valence-electron chi connectivity index (χ0n) is 13.6. The summed E-state index contributed by atoms with van der Waals surface area (Å²) in [4.78, 5) is 4.63. The lowest BCUT2D eigenvalue weighted by molar-refractivity contribution is 0.186. The van der Waals surface area contributed by atoms with Gasteiger partial charge in [0.15, 0.2) is 0 Å². The minimum absolute atomic E-state index is 0.0383. The summed E-state index contributed by atoms with van der Waals surface area (Å²) >= 11 is 0. The van der Waals surface area contributed by atoms with Crippen LogP contribution in [0.2, 0.25) is 0 Å². The molecule has 1 aromatic rings. The number of rotatable bonds is 5. The van der Waals surface area contributed by atoms with Crippen LogP contribution in [0.3, 0.4) is 0 Å². The summed E-state index contributed by atoms with van der Waals surface area (Å²) < 4.78 is 14.3. The first-order chi connectivity index (χ1) is 9.95. The molecule has 1 aromatic carbocycles. The monoisotopic (exact) mass is 293 g/mol. The summed E-state index contributed by atoms with van der Waals surface area (Å²) in [6.07, 6.45) is 0.844. The fourth-order valence-corrected chi connectivity index (χ4v) is 3.52. The molecule has 0 amide bonds. The Morgan fingerprint density at radius 3 is 2.52 bits per heavy atom. The van der Waals surface area contributed by atoms with Gasteiger partial charge in [-0.25, -0.2) is 4.39 Å². The van der Waals surface area contributed by atoms with Crippen molar-refractivity contribution in [2.24, 2.45) is 11.7 Å². The van der Waals surface area contributed by atoms with Crippen LogP contribution in [0, 0.1) is 11.7 Å². The van der Waals surface area contributed by atoms with Crippen LogP contribution < -0.4 is 5.73 Å². The molecule has 2 N–H and O–H groups in total. The van der Waals surface area contributed by atoms with Gasteiger partial charge in [-0.05, 0) is 32.5 Å². The van der Waals surface area contributed by atoms with Crippen LogP contribution in [-0.2, 0) is 0 Å². The molecule has 21 heavy (non-hydrogen) atoms. The van der Waals surface area contributed by atoms with Crippen molar-refractivity contribution < 1.29 is 4.39 Å². The zero-order chi connectivity index (χ0) is 15.6. The van der Waals surface area contributed by atoms with E-state index in [0.29, 0.717) is 12.0 Å². The molecule has 0 radical (unpaired) electrons. The Morgan fingerprint density at radius 1 is 1.33 bits per heavy atom. The lowest BCUT2D eigenvalue weighted by atomic mass is 9.96. The van der Waals surface area contributed by atoms with Crippen LogP contribution in [0.15, 0.2) is 24.3 Å². The second-order valence-electron chi connectivity index (χ2n) is 6.50. The van der Waals surface area contributed by atoms with Gasteiger partial charge in [0.2, 0.25) is 0 Å². The number of nitrogens with zero attached hydrogens (tertiary/aromatic N) is 2. The smallest absolute Gasteiger partial charge is 0.128 e. The van der Waals surface area contributed by atoms with E-state index in [1.807, 2.05) is 12.1 Å². The Kier molecular flexibility index (Phi) is 5.36. The maximum absolute atomic E-state index is 14.3. The molecule has 3 nitrogen and oxygen atoms in total. The molecular formula is C17H28FN3. The Labute approximate surface area is 127 Å². The fraction of sp³-hybridized carbons (Fsp3) is 0.647. The predicted molar refractivity (Wildman–Crippen MR) is 85.6 cm³/mol. The molecule has 2 rings (SSSR count). The van der Waals surface area contributed by atoms with Crippen LogP contribution in [0.25, 0.3) is 0 Å². The van der Waals surface area contributed by atoms with E-state index in [1.165, 1.54) is 6.07 Å². The summed E-state index contributed by atoms with van der Waals surface area (Å²) in [5.74, 6) is 0.422. The van der Waals surface area contributed by atoms with Crippen LogP contribution in [-0.4, -0.2) is 49.1 Å². The van der Waals surface area contributed by atoms with Crippen molar-refractivity contribution in [1.29, 1.82) is 0 Å². The van der Waals surface area contributed by atoms with Crippen molar-refractivity contribution in [2.45, 2.75) is 38.4 Å². The summed E-state index contributed by atoms with van der Waals surface area (Å²) in [7, 11) is 4.23. The SMILES string of the molecule is CCC(N)C(c1ccccc1F)N1CC(C)C(N(C)C)C1. The first kappa shape index (κ1) is 16.4. The Balaban J connectivity index is 2.28. The van der Waals surface area contributed by atoms with E-state index in [2.05, 4.69) is 37.7 Å². The Morgan fingerprint density at radius 2 is 2.00 bits per heavy atom. The molecule has 1 aliphatic rings. The van der Waals surface area contributed by atoms with Gasteiger partial charge in [-0.2, -0.15) is 0 Å². The van der Waals surface area contributed by atoms with E-state index in [1.54, 1.807) is 6.07 Å². The first-order valence-electron chi connectivity index (χ1n) is 7.86. The molecule has 0 aliphatic carbocycles. The van der Waals surface area contributed by atoms with Crippen LogP contribution in [0.5, 0.6) is 0 Å². The summed E-state index contributed by atoms with van der Waals surface area (Å²) in [5.41, 5.74) is 7.08. The zero-order valence-corrected chi connectivity index (χ0v) is 13.6. The van der Waals surface area contributed by atoms with Gasteiger partial charge in [-0.1, -0.05) is 32.0 Å². The van der Waals surface area contributed by atoms with E-state index in [-0.39, 0.29) is 17.9 Å². The fourth-order valence-electron chi connectivity index (χ4n) is 3.52. The highest BCUT2D eigenvalue weighted by molar-refractivity contribution is 5.23. The lowest BCUT2D eigenvalue weighted by Crippen LogP contribution is -2.41. The predicted octanol–water partition coefficient (Wildman–Crippen LogP) is 2.49. The van der Waals surface area contributed by atoms with Gasteiger partial charge in [0.1, 0.15) is 5.82 Å². The summed E-state index contributed by atoms with van der Waals surface area (Å²) in [5, 5.41) is 0. The molecule has 0 aromatic heterocycles. The number of nitrogens with two attached hydrogens (primary N) is 1. The van der Waals surface area contributed by atoms with Crippen LogP contribution in [0.4, 0.5) is 4.39 Å². The highest BCUT2D eigenvalue weighted by atomic mass is 19.1. The van der Waals surface area contributed by atoms with Gasteiger partial charge < -0.3 is 10.6 Å². The molecule has 4 unspecified atom stereocenters. The second kappa shape index (κ2) is 6.86. The number of halogens is 1. The maximum atomic E-state index is 14.3. The average molecular weight is 293 g/mol. The van der Waals surface area contributed by atoms with E-state index < -0.39 is 0 Å². The van der Waals surface area contributed by atoms with Crippen LogP contribution in [0.1, 0.15) is 31.9 Å². The van der Waals surface area contributed by atoms with Crippen LogP contribution >= 0.6 is 0 Å². The molecule has 1 fully saturated rings. The third-order valence-electron chi connectivity index (χ3n) is 4.76. The molecular weight excluding hydrogens is 265 g/mol. The number of likely N-dealkylation sites (tertiary alicyclic amines) is 1. The molecule has 0 bridgehead atoms. The van der Waals surface area contributed by atoms with Crippen molar-refractivity contribution in [2.75, 3.05) is 27.2 Å². The van der Waals surface area contributed by atoms with E-state index in [4.69, 9.17) is 5.73 Å². The Bertz CT molecular complexity index is 463. The maximum Gasteiger partial charge on any atom is 0.128 e. The van der Waals surface area contributed by atoms with E-state index in [9.17, 15) is 4.39 Å². The van der Waals surface area contributed by atoms with Gasteiger partial charge in [0, 0.05) is 30.7 Å². The van der Waals surface area contributed by atoms with Gasteiger partial charge in [0.05, 0.1) is 6.04 Å². The third-order valence-corrected chi connectivity index (χ3v) is 4.76. The Hall–Kier alpha value is -0.970. The molecule has 1 aliphatic heterocycles. The topological polar surface area (TPSA) is 32.5 Å². The van der Waals surface area contributed by atoms with E-state index in [0.717, 1.165) is 25.1 Å². The summed E-state index contributed by atoms with van der Waals surface area (Å²) in [6, 6.07) is 7.47. The third kappa shape index (κ3) is 3.44. The largest absolute Gasteiger partial charge is 0.326 e. The highest BCUT2D eigenvalue weighted by Gasteiger charge is 2.37. The average Bonchev–Trinajstić information content (AvgIpc) is 2.83. The highest BCUT2D eigenvalue weighted by Crippen LogP contribution is 2.33. The minimum atomic E-state index is -0.146. The molecule has 1 heterocycles. The molecule has 118 valence electrons. The normalized spacial score (nSPS) is 26.2. The molecule has 0 saturated carbocycles. The standard InChI is InChI=1S/C17H28FN3/c1-5-15(19)17(13-8-6-7-9-14(13)18)21-10-12(2)16(11-21)20(3)4/h6-9,12,15-17H,5,10-11,19H2,1-4H3. The number of hydrogen-bond donors (Lipinski definition) is 1. The number of hydrogen-bond acceptors (Lipinski definition) is 3. The van der Waals surface area contributed by atoms with Crippen molar-refractivity contribution >= 4 is 0 Å². The number of benzene rings is 1. The van der Waals surface area contributed by atoms with Gasteiger partial charge >= 0.3 is 0 Å². The lowest BCUT2D eigenvalue weighted by Gasteiger charge is -2.33. The van der Waals surface area contributed by atoms with Crippen molar-refractivity contribution in [3.63, 3.8) is 0 Å². The minimum Gasteiger partial charge on any atom is -0.326 e. The quantitative estimate of drug-likeness (QED) is 0.905. The van der Waals surface area contributed by atoms with Gasteiger partial charge in [0.25, 0.3) is 0 Å². The molecule has 4 heteroatoms. The van der Waals surface area contributed by atoms with Crippen molar-refractivity contribution in [3.8, 4) is 0 Å². The molecule has 4 atom stereocenters. The molecule has 0 spiro atoms. The molecule has 1 saturated heterocycles.